The van der Waals surface area contributed by atoms with Crippen molar-refractivity contribution in [3.8, 4) is 0 Å². The van der Waals surface area contributed by atoms with E-state index in [1.807, 2.05) is 11.8 Å². The number of aryl methyl sites for hydroxylation is 1. The Morgan fingerprint density at radius 2 is 2.18 bits per heavy atom. The van der Waals surface area contributed by atoms with Crippen molar-refractivity contribution in [2.75, 3.05) is 19.6 Å². The lowest BCUT2D eigenvalue weighted by atomic mass is 9.92. The number of amides is 1. The van der Waals surface area contributed by atoms with E-state index < -0.39 is 0 Å². The molecule has 124 valence electrons. The summed E-state index contributed by atoms with van der Waals surface area (Å²) in [5.74, 6) is 2.28. The third-order valence-electron chi connectivity index (χ3n) is 4.90. The van der Waals surface area contributed by atoms with Gasteiger partial charge in [-0.15, -0.1) is 12.4 Å². The van der Waals surface area contributed by atoms with E-state index >= 15 is 0 Å². The number of rotatable bonds is 3. The number of halogens is 1. The van der Waals surface area contributed by atoms with Crippen molar-refractivity contribution >= 4 is 18.3 Å². The molecule has 2 aliphatic rings. The van der Waals surface area contributed by atoms with Gasteiger partial charge in [0.2, 0.25) is 11.8 Å². The van der Waals surface area contributed by atoms with Crippen LogP contribution in [0.1, 0.15) is 49.7 Å². The molecule has 1 amide bonds. The second-order valence-electron chi connectivity index (χ2n) is 6.34. The maximum Gasteiger partial charge on any atom is 0.231 e. The Morgan fingerprint density at radius 3 is 2.86 bits per heavy atom. The fraction of sp³-hybridized carbons (Fsp3) is 0.800. The van der Waals surface area contributed by atoms with E-state index in [9.17, 15) is 4.79 Å². The van der Waals surface area contributed by atoms with E-state index in [2.05, 4.69) is 10.1 Å². The standard InChI is InChI=1S/C15H24N4O2.ClH/c1-10-17-14(21-18-10)12-5-3-7-19(9-12)15(20)13-6-2-4-11(13)8-16;/h11-13H,2-9,16H2,1H3;1H/t11-,12?,13-;/m1./s1. The predicted molar refractivity (Wildman–Crippen MR) is 84.7 cm³/mol. The molecule has 2 heterocycles. The molecule has 0 aromatic carbocycles. The second kappa shape index (κ2) is 7.42. The Balaban J connectivity index is 0.00000176. The molecule has 1 aromatic heterocycles. The monoisotopic (exact) mass is 328 g/mol. The molecule has 2 N–H and O–H groups in total. The number of hydrogen-bond donors (Lipinski definition) is 1. The Kier molecular flexibility index (Phi) is 5.81. The van der Waals surface area contributed by atoms with Crippen LogP contribution in [0.3, 0.4) is 0 Å². The van der Waals surface area contributed by atoms with Gasteiger partial charge in [-0.25, -0.2) is 0 Å². The van der Waals surface area contributed by atoms with E-state index in [0.29, 0.717) is 30.7 Å². The molecule has 7 heteroatoms. The third kappa shape index (κ3) is 3.43. The van der Waals surface area contributed by atoms with Gasteiger partial charge in [0.1, 0.15) is 0 Å². The van der Waals surface area contributed by atoms with Gasteiger partial charge in [-0.1, -0.05) is 11.6 Å². The van der Waals surface area contributed by atoms with Crippen molar-refractivity contribution in [3.05, 3.63) is 11.7 Å². The lowest BCUT2D eigenvalue weighted by Crippen LogP contribution is -2.44. The second-order valence-corrected chi connectivity index (χ2v) is 6.34. The molecule has 0 radical (unpaired) electrons. The van der Waals surface area contributed by atoms with E-state index in [1.165, 1.54) is 0 Å². The largest absolute Gasteiger partial charge is 0.342 e. The van der Waals surface area contributed by atoms with Crippen molar-refractivity contribution in [2.24, 2.45) is 17.6 Å². The maximum absolute atomic E-state index is 12.8. The number of nitrogens with two attached hydrogens (primary N) is 1. The van der Waals surface area contributed by atoms with E-state index in [-0.39, 0.29) is 30.2 Å². The summed E-state index contributed by atoms with van der Waals surface area (Å²) in [6, 6.07) is 0. The van der Waals surface area contributed by atoms with Gasteiger partial charge >= 0.3 is 0 Å². The van der Waals surface area contributed by atoms with Crippen molar-refractivity contribution in [2.45, 2.75) is 44.9 Å². The normalized spacial score (nSPS) is 28.5. The van der Waals surface area contributed by atoms with Crippen LogP contribution in [0.25, 0.3) is 0 Å². The zero-order valence-electron chi connectivity index (χ0n) is 13.0. The summed E-state index contributed by atoms with van der Waals surface area (Å²) in [5.41, 5.74) is 5.81. The van der Waals surface area contributed by atoms with Crippen LogP contribution in [-0.2, 0) is 4.79 Å². The van der Waals surface area contributed by atoms with Crippen molar-refractivity contribution < 1.29 is 9.32 Å². The molecule has 1 unspecified atom stereocenters. The minimum atomic E-state index is 0. The summed E-state index contributed by atoms with van der Waals surface area (Å²) in [4.78, 5) is 19.1. The minimum absolute atomic E-state index is 0. The zero-order chi connectivity index (χ0) is 14.8. The first-order valence-electron chi connectivity index (χ1n) is 7.98. The average molecular weight is 329 g/mol. The molecule has 1 saturated heterocycles. The summed E-state index contributed by atoms with van der Waals surface area (Å²) in [5, 5.41) is 3.86. The maximum atomic E-state index is 12.8. The SMILES string of the molecule is Cc1noc(C2CCCN(C(=O)[C@@H]3CCC[C@@H]3CN)C2)n1.Cl. The summed E-state index contributed by atoms with van der Waals surface area (Å²) in [7, 11) is 0. The molecular formula is C15H25ClN4O2. The van der Waals surface area contributed by atoms with Crippen LogP contribution >= 0.6 is 12.4 Å². The zero-order valence-corrected chi connectivity index (χ0v) is 13.8. The highest BCUT2D eigenvalue weighted by Crippen LogP contribution is 2.34. The molecule has 0 bridgehead atoms. The minimum Gasteiger partial charge on any atom is -0.342 e. The van der Waals surface area contributed by atoms with Crippen LogP contribution in [0.15, 0.2) is 4.52 Å². The van der Waals surface area contributed by atoms with Crippen LogP contribution in [0, 0.1) is 18.8 Å². The number of likely N-dealkylation sites (tertiary alicyclic amines) is 1. The van der Waals surface area contributed by atoms with Crippen molar-refractivity contribution in [1.82, 2.24) is 15.0 Å². The fourth-order valence-electron chi connectivity index (χ4n) is 3.74. The highest BCUT2D eigenvalue weighted by Gasteiger charge is 2.37. The van der Waals surface area contributed by atoms with Gasteiger partial charge in [-0.2, -0.15) is 4.98 Å². The van der Waals surface area contributed by atoms with Gasteiger partial charge in [0, 0.05) is 19.0 Å². The number of nitrogens with zero attached hydrogens (tertiary/aromatic N) is 3. The van der Waals surface area contributed by atoms with E-state index in [4.69, 9.17) is 10.3 Å². The number of aromatic nitrogens is 2. The van der Waals surface area contributed by atoms with Gasteiger partial charge in [-0.3, -0.25) is 4.79 Å². The van der Waals surface area contributed by atoms with Gasteiger partial charge in [0.15, 0.2) is 5.82 Å². The molecule has 3 atom stereocenters. The summed E-state index contributed by atoms with van der Waals surface area (Å²) < 4.78 is 5.28. The van der Waals surface area contributed by atoms with Gasteiger partial charge < -0.3 is 15.2 Å². The Morgan fingerprint density at radius 1 is 1.36 bits per heavy atom. The molecule has 22 heavy (non-hydrogen) atoms. The Labute approximate surface area is 137 Å². The first kappa shape index (κ1) is 17.2. The van der Waals surface area contributed by atoms with E-state index in [0.717, 1.165) is 38.6 Å². The van der Waals surface area contributed by atoms with Crippen LogP contribution in [0.4, 0.5) is 0 Å². The summed E-state index contributed by atoms with van der Waals surface area (Å²) in [6.45, 7) is 3.99. The lowest BCUT2D eigenvalue weighted by Gasteiger charge is -2.34. The average Bonchev–Trinajstić information content (AvgIpc) is 3.15. The molecule has 2 fully saturated rings. The number of hydrogen-bond acceptors (Lipinski definition) is 5. The molecule has 1 aliphatic heterocycles. The highest BCUT2D eigenvalue weighted by molar-refractivity contribution is 5.85. The van der Waals surface area contributed by atoms with Crippen LogP contribution in [0.5, 0.6) is 0 Å². The topological polar surface area (TPSA) is 85.2 Å². The Hall–Kier alpha value is -1.14. The third-order valence-corrected chi connectivity index (χ3v) is 4.90. The molecule has 6 nitrogen and oxygen atoms in total. The summed E-state index contributed by atoms with van der Waals surface area (Å²) in [6.07, 6.45) is 5.21. The van der Waals surface area contributed by atoms with Crippen LogP contribution < -0.4 is 5.73 Å². The first-order valence-corrected chi connectivity index (χ1v) is 7.98. The van der Waals surface area contributed by atoms with Gasteiger partial charge in [0.05, 0.1) is 5.92 Å². The first-order chi connectivity index (χ1) is 10.2. The summed E-state index contributed by atoms with van der Waals surface area (Å²) >= 11 is 0. The smallest absolute Gasteiger partial charge is 0.231 e. The number of carbonyl (C=O) groups excluding carboxylic acids is 1. The van der Waals surface area contributed by atoms with Crippen molar-refractivity contribution in [3.63, 3.8) is 0 Å². The molecule has 1 saturated carbocycles. The Bertz CT molecular complexity index is 507. The molecule has 1 aromatic rings. The molecule has 3 rings (SSSR count). The fourth-order valence-corrected chi connectivity index (χ4v) is 3.74. The predicted octanol–water partition coefficient (Wildman–Crippen LogP) is 1.88. The lowest BCUT2D eigenvalue weighted by molar-refractivity contribution is -0.138. The van der Waals surface area contributed by atoms with Crippen LogP contribution in [-0.4, -0.2) is 40.6 Å². The number of piperidine rings is 1. The molecule has 1 aliphatic carbocycles. The molecule has 0 spiro atoms. The number of carbonyl (C=O) groups is 1. The highest BCUT2D eigenvalue weighted by atomic mass is 35.5. The van der Waals surface area contributed by atoms with Gasteiger partial charge in [-0.05, 0) is 45.1 Å². The molecular weight excluding hydrogens is 304 g/mol. The van der Waals surface area contributed by atoms with Crippen molar-refractivity contribution in [1.29, 1.82) is 0 Å². The van der Waals surface area contributed by atoms with E-state index in [1.54, 1.807) is 0 Å². The van der Waals surface area contributed by atoms with Gasteiger partial charge in [0.25, 0.3) is 0 Å². The quantitative estimate of drug-likeness (QED) is 0.915. The van der Waals surface area contributed by atoms with Crippen LogP contribution in [0.2, 0.25) is 0 Å².